The number of halogens is 2. The van der Waals surface area contributed by atoms with Gasteiger partial charge in [0.25, 0.3) is 0 Å². The number of nitrogens with one attached hydrogen (secondary N) is 1. The van der Waals surface area contributed by atoms with Crippen molar-refractivity contribution in [2.24, 2.45) is 0 Å². The second-order valence-electron chi connectivity index (χ2n) is 5.63. The van der Waals surface area contributed by atoms with Crippen LogP contribution in [-0.4, -0.2) is 15.5 Å². The molecule has 6 heteroatoms. The van der Waals surface area contributed by atoms with Gasteiger partial charge in [-0.2, -0.15) is 0 Å². The van der Waals surface area contributed by atoms with Gasteiger partial charge in [0.15, 0.2) is 0 Å². The summed E-state index contributed by atoms with van der Waals surface area (Å²) in [6.45, 7) is 7.02. The van der Waals surface area contributed by atoms with Gasteiger partial charge in [0.1, 0.15) is 5.75 Å². The summed E-state index contributed by atoms with van der Waals surface area (Å²) in [5.41, 5.74) is 0.936. The smallest absolute Gasteiger partial charge is 0.237 e. The molecule has 0 radical (unpaired) electrons. The highest BCUT2D eigenvalue weighted by atomic mass is 79.9. The van der Waals surface area contributed by atoms with Gasteiger partial charge in [-0.15, -0.1) is 0 Å². The molecule has 0 unspecified atom stereocenters. The number of rotatable bonds is 4. The van der Waals surface area contributed by atoms with E-state index in [2.05, 4.69) is 67.9 Å². The fraction of sp³-hybridized carbons (Fsp3) is 0.333. The van der Waals surface area contributed by atoms with Crippen molar-refractivity contribution in [3.63, 3.8) is 0 Å². The van der Waals surface area contributed by atoms with Gasteiger partial charge in [0.2, 0.25) is 5.88 Å². The molecule has 4 nitrogen and oxygen atoms in total. The zero-order chi connectivity index (χ0) is 15.5. The van der Waals surface area contributed by atoms with Gasteiger partial charge in [0, 0.05) is 16.6 Å². The second-order valence-corrected chi connectivity index (χ2v) is 7.40. The number of benzene rings is 1. The molecule has 0 fully saturated rings. The van der Waals surface area contributed by atoms with Crippen molar-refractivity contribution in [1.29, 1.82) is 0 Å². The molecule has 0 amide bonds. The maximum absolute atomic E-state index is 5.70. The first-order valence-electron chi connectivity index (χ1n) is 6.52. The molecule has 0 aliphatic carbocycles. The van der Waals surface area contributed by atoms with Crippen LogP contribution in [0, 0.1) is 0 Å². The summed E-state index contributed by atoms with van der Waals surface area (Å²) in [7, 11) is 0. The minimum atomic E-state index is 0.0547. The molecule has 2 rings (SSSR count). The molecule has 0 spiro atoms. The standard InChI is InChI=1S/C15H17Br2N3O/c1-15(2,3)20-8-11-7-19-14(9-18-11)21-13-5-4-10(16)6-12(13)17/h4-7,9,20H,8H2,1-3H3. The van der Waals surface area contributed by atoms with E-state index in [1.54, 1.807) is 12.4 Å². The molecular formula is C15H17Br2N3O. The predicted molar refractivity (Wildman–Crippen MR) is 90.5 cm³/mol. The monoisotopic (exact) mass is 413 g/mol. The van der Waals surface area contributed by atoms with Gasteiger partial charge in [0.05, 0.1) is 22.6 Å². The van der Waals surface area contributed by atoms with Crippen molar-refractivity contribution in [3.8, 4) is 11.6 Å². The van der Waals surface area contributed by atoms with Crippen molar-refractivity contribution in [1.82, 2.24) is 15.3 Å². The summed E-state index contributed by atoms with van der Waals surface area (Å²) >= 11 is 6.86. The van der Waals surface area contributed by atoms with Gasteiger partial charge >= 0.3 is 0 Å². The lowest BCUT2D eigenvalue weighted by Crippen LogP contribution is -2.35. The molecule has 1 aromatic carbocycles. The van der Waals surface area contributed by atoms with Crippen LogP contribution in [0.15, 0.2) is 39.5 Å². The largest absolute Gasteiger partial charge is 0.436 e. The average Bonchev–Trinajstić information content (AvgIpc) is 2.40. The summed E-state index contributed by atoms with van der Waals surface area (Å²) in [4.78, 5) is 8.63. The molecular weight excluding hydrogens is 398 g/mol. The molecule has 1 heterocycles. The SMILES string of the molecule is CC(C)(C)NCc1cnc(Oc2ccc(Br)cc2Br)cn1. The molecule has 21 heavy (non-hydrogen) atoms. The first-order valence-corrected chi connectivity index (χ1v) is 8.11. The van der Waals surface area contributed by atoms with Gasteiger partial charge in [-0.05, 0) is 54.9 Å². The van der Waals surface area contributed by atoms with Crippen LogP contribution in [0.2, 0.25) is 0 Å². The maximum Gasteiger partial charge on any atom is 0.237 e. The minimum Gasteiger partial charge on any atom is -0.436 e. The van der Waals surface area contributed by atoms with E-state index in [9.17, 15) is 0 Å². The van der Waals surface area contributed by atoms with Crippen LogP contribution < -0.4 is 10.1 Å². The third-order valence-electron chi connectivity index (χ3n) is 2.59. The Bertz CT molecular complexity index is 609. The summed E-state index contributed by atoms with van der Waals surface area (Å²) < 4.78 is 7.54. The quantitative estimate of drug-likeness (QED) is 0.788. The predicted octanol–water partition coefficient (Wildman–Crippen LogP) is 4.68. The Kier molecular flexibility index (Phi) is 5.35. The summed E-state index contributed by atoms with van der Waals surface area (Å²) in [5, 5.41) is 3.37. The highest BCUT2D eigenvalue weighted by molar-refractivity contribution is 9.11. The van der Waals surface area contributed by atoms with Crippen LogP contribution in [0.5, 0.6) is 11.6 Å². The van der Waals surface area contributed by atoms with Gasteiger partial charge < -0.3 is 10.1 Å². The maximum atomic E-state index is 5.70. The summed E-state index contributed by atoms with van der Waals surface area (Å²) in [5.74, 6) is 1.17. The molecule has 1 aromatic heterocycles. The first-order chi connectivity index (χ1) is 9.83. The molecule has 2 aromatic rings. The van der Waals surface area contributed by atoms with E-state index in [1.165, 1.54) is 0 Å². The van der Waals surface area contributed by atoms with E-state index in [0.717, 1.165) is 14.6 Å². The summed E-state index contributed by atoms with van der Waals surface area (Å²) in [6.07, 6.45) is 3.36. The Labute approximate surface area is 141 Å². The second kappa shape index (κ2) is 6.85. The van der Waals surface area contributed by atoms with Crippen LogP contribution >= 0.6 is 31.9 Å². The van der Waals surface area contributed by atoms with Crippen LogP contribution in [0.3, 0.4) is 0 Å². The van der Waals surface area contributed by atoms with Gasteiger partial charge in [-0.1, -0.05) is 15.9 Å². The van der Waals surface area contributed by atoms with Crippen molar-refractivity contribution in [2.45, 2.75) is 32.9 Å². The van der Waals surface area contributed by atoms with E-state index in [-0.39, 0.29) is 5.54 Å². The van der Waals surface area contributed by atoms with Crippen LogP contribution in [-0.2, 0) is 6.54 Å². The molecule has 0 aliphatic heterocycles. The topological polar surface area (TPSA) is 47.0 Å². The number of ether oxygens (including phenoxy) is 1. The van der Waals surface area contributed by atoms with E-state index in [4.69, 9.17) is 4.74 Å². The molecule has 0 aliphatic rings. The minimum absolute atomic E-state index is 0.0547. The van der Waals surface area contributed by atoms with Crippen molar-refractivity contribution < 1.29 is 4.74 Å². The van der Waals surface area contributed by atoms with Crippen LogP contribution in [0.1, 0.15) is 26.5 Å². The zero-order valence-corrected chi connectivity index (χ0v) is 15.3. The number of hydrogen-bond donors (Lipinski definition) is 1. The van der Waals surface area contributed by atoms with E-state index >= 15 is 0 Å². The Morgan fingerprint density at radius 1 is 1.14 bits per heavy atom. The number of aromatic nitrogens is 2. The van der Waals surface area contributed by atoms with Gasteiger partial charge in [-0.3, -0.25) is 4.98 Å². The lowest BCUT2D eigenvalue weighted by atomic mass is 10.1. The van der Waals surface area contributed by atoms with Crippen LogP contribution in [0.4, 0.5) is 0 Å². The highest BCUT2D eigenvalue weighted by Gasteiger charge is 2.09. The lowest BCUT2D eigenvalue weighted by Gasteiger charge is -2.19. The van der Waals surface area contributed by atoms with Crippen molar-refractivity contribution >= 4 is 31.9 Å². The van der Waals surface area contributed by atoms with Gasteiger partial charge in [-0.25, -0.2) is 4.98 Å². The Hall–Kier alpha value is -0.980. The third-order valence-corrected chi connectivity index (χ3v) is 3.70. The lowest BCUT2D eigenvalue weighted by molar-refractivity contribution is 0.418. The molecule has 0 atom stereocenters. The molecule has 0 saturated heterocycles. The van der Waals surface area contributed by atoms with Crippen LogP contribution in [0.25, 0.3) is 0 Å². The normalized spacial score (nSPS) is 11.5. The van der Waals surface area contributed by atoms with Crippen molar-refractivity contribution in [3.05, 3.63) is 45.2 Å². The Morgan fingerprint density at radius 2 is 1.90 bits per heavy atom. The molecule has 112 valence electrons. The summed E-state index contributed by atoms with van der Waals surface area (Å²) in [6, 6.07) is 5.70. The third kappa shape index (κ3) is 5.37. The van der Waals surface area contributed by atoms with E-state index in [1.807, 2.05) is 18.2 Å². The fourth-order valence-electron chi connectivity index (χ4n) is 1.51. The van der Waals surface area contributed by atoms with Crippen molar-refractivity contribution in [2.75, 3.05) is 0 Å². The first kappa shape index (κ1) is 16.4. The molecule has 0 bridgehead atoms. The molecule has 1 N–H and O–H groups in total. The average molecular weight is 415 g/mol. The Balaban J connectivity index is 2.02. The number of hydrogen-bond acceptors (Lipinski definition) is 4. The Morgan fingerprint density at radius 3 is 2.48 bits per heavy atom. The highest BCUT2D eigenvalue weighted by Crippen LogP contribution is 2.30. The number of nitrogens with zero attached hydrogens (tertiary/aromatic N) is 2. The fourth-order valence-corrected chi connectivity index (χ4v) is 2.64. The zero-order valence-electron chi connectivity index (χ0n) is 12.2. The van der Waals surface area contributed by atoms with E-state index < -0.39 is 0 Å². The van der Waals surface area contributed by atoms with E-state index in [0.29, 0.717) is 18.2 Å². The molecule has 0 saturated carbocycles.